The van der Waals surface area contributed by atoms with Crippen molar-refractivity contribution in [2.75, 3.05) is 18.5 Å². The molecule has 0 aromatic heterocycles. The third kappa shape index (κ3) is 5.39. The van der Waals surface area contributed by atoms with Gasteiger partial charge in [-0.3, -0.25) is 15.4 Å². The average molecular weight is 264 g/mol. The fraction of sp³-hybridized carbons (Fsp3) is 0.385. The van der Waals surface area contributed by atoms with Gasteiger partial charge in [0, 0.05) is 30.8 Å². The van der Waals surface area contributed by atoms with Gasteiger partial charge in [0.1, 0.15) is 0 Å². The zero-order valence-electron chi connectivity index (χ0n) is 11.0. The zero-order chi connectivity index (χ0) is 14.1. The largest absolute Gasteiger partial charge is 0.356 e. The lowest BCUT2D eigenvalue weighted by molar-refractivity contribution is -0.120. The van der Waals surface area contributed by atoms with E-state index in [-0.39, 0.29) is 18.2 Å². The Kier molecular flexibility index (Phi) is 6.38. The number of benzene rings is 1. The van der Waals surface area contributed by atoms with E-state index in [4.69, 9.17) is 5.84 Å². The summed E-state index contributed by atoms with van der Waals surface area (Å²) in [7, 11) is 0. The van der Waals surface area contributed by atoms with Gasteiger partial charge in [-0.2, -0.15) is 0 Å². The third-order valence-electron chi connectivity index (χ3n) is 2.52. The van der Waals surface area contributed by atoms with Crippen molar-refractivity contribution in [2.24, 2.45) is 5.84 Å². The van der Waals surface area contributed by atoms with Crippen LogP contribution in [0.15, 0.2) is 24.3 Å². The first kappa shape index (κ1) is 15.0. The van der Waals surface area contributed by atoms with E-state index in [1.165, 1.54) is 0 Å². The van der Waals surface area contributed by atoms with Crippen LogP contribution in [0.5, 0.6) is 0 Å². The van der Waals surface area contributed by atoms with E-state index >= 15 is 0 Å². The molecule has 0 heterocycles. The van der Waals surface area contributed by atoms with Crippen molar-refractivity contribution >= 4 is 17.5 Å². The molecule has 0 bridgehead atoms. The second-order valence-electron chi connectivity index (χ2n) is 4.08. The first-order valence-electron chi connectivity index (χ1n) is 6.29. The molecule has 6 nitrogen and oxygen atoms in total. The second-order valence-corrected chi connectivity index (χ2v) is 4.08. The lowest BCUT2D eigenvalue weighted by atomic mass is 10.2. The van der Waals surface area contributed by atoms with Crippen molar-refractivity contribution in [2.45, 2.75) is 19.8 Å². The van der Waals surface area contributed by atoms with Crippen molar-refractivity contribution in [1.82, 2.24) is 10.6 Å². The maximum atomic E-state index is 11.7. The standard InChI is InChI=1S/C13H20N4O2/c1-2-8-15-12(18)7-9-16-13(19)10-3-5-11(17-14)6-4-10/h3-6,17H,2,7-9,14H2,1H3,(H,15,18)(H,16,19). The van der Waals surface area contributed by atoms with Crippen LogP contribution in [0, 0.1) is 0 Å². The van der Waals surface area contributed by atoms with Gasteiger partial charge in [-0.05, 0) is 30.7 Å². The lowest BCUT2D eigenvalue weighted by Crippen LogP contribution is -2.31. The summed E-state index contributed by atoms with van der Waals surface area (Å²) in [5.74, 6) is 4.98. The molecule has 2 amide bonds. The number of hydrazine groups is 1. The maximum absolute atomic E-state index is 11.7. The van der Waals surface area contributed by atoms with Crippen molar-refractivity contribution in [1.29, 1.82) is 0 Å². The number of rotatable bonds is 7. The molecule has 1 aromatic carbocycles. The molecule has 0 aliphatic rings. The van der Waals surface area contributed by atoms with Gasteiger partial charge in [0.05, 0.1) is 0 Å². The van der Waals surface area contributed by atoms with Crippen LogP contribution in [0.2, 0.25) is 0 Å². The highest BCUT2D eigenvalue weighted by Crippen LogP contribution is 2.07. The molecule has 19 heavy (non-hydrogen) atoms. The van der Waals surface area contributed by atoms with Gasteiger partial charge in [0.15, 0.2) is 0 Å². The zero-order valence-corrected chi connectivity index (χ0v) is 11.0. The number of amides is 2. The molecule has 6 heteroatoms. The summed E-state index contributed by atoms with van der Waals surface area (Å²) >= 11 is 0. The quantitative estimate of drug-likeness (QED) is 0.429. The fourth-order valence-electron chi connectivity index (χ4n) is 1.46. The van der Waals surface area contributed by atoms with Crippen LogP contribution >= 0.6 is 0 Å². The molecule has 0 fully saturated rings. The topological polar surface area (TPSA) is 96.2 Å². The first-order chi connectivity index (χ1) is 9.17. The van der Waals surface area contributed by atoms with E-state index in [1.54, 1.807) is 24.3 Å². The van der Waals surface area contributed by atoms with Crippen LogP contribution in [0.25, 0.3) is 0 Å². The molecule has 0 aliphatic carbocycles. The molecule has 0 unspecified atom stereocenters. The minimum atomic E-state index is -0.202. The minimum absolute atomic E-state index is 0.0511. The average Bonchev–Trinajstić information content (AvgIpc) is 2.45. The van der Waals surface area contributed by atoms with Gasteiger partial charge in [-0.15, -0.1) is 0 Å². The molecule has 0 atom stereocenters. The molecule has 0 spiro atoms. The molecule has 0 aliphatic heterocycles. The Balaban J connectivity index is 2.32. The van der Waals surface area contributed by atoms with E-state index in [2.05, 4.69) is 16.1 Å². The van der Waals surface area contributed by atoms with E-state index in [1.807, 2.05) is 6.92 Å². The van der Waals surface area contributed by atoms with Crippen LogP contribution in [0.4, 0.5) is 5.69 Å². The monoisotopic (exact) mass is 264 g/mol. The normalized spacial score (nSPS) is 9.79. The number of hydrogen-bond donors (Lipinski definition) is 4. The summed E-state index contributed by atoms with van der Waals surface area (Å²) in [6.45, 7) is 2.98. The molecule has 0 saturated heterocycles. The van der Waals surface area contributed by atoms with Crippen LogP contribution < -0.4 is 21.9 Å². The van der Waals surface area contributed by atoms with E-state index < -0.39 is 0 Å². The number of carbonyl (C=O) groups excluding carboxylic acids is 2. The van der Waals surface area contributed by atoms with E-state index in [0.717, 1.165) is 12.1 Å². The molecule has 104 valence electrons. The summed E-state index contributed by atoms with van der Waals surface area (Å²) in [5, 5.41) is 5.44. The number of anilines is 1. The molecule has 5 N–H and O–H groups in total. The fourth-order valence-corrected chi connectivity index (χ4v) is 1.46. The molecular weight excluding hydrogens is 244 g/mol. The Morgan fingerprint density at radius 2 is 1.79 bits per heavy atom. The summed E-state index contributed by atoms with van der Waals surface area (Å²) < 4.78 is 0. The van der Waals surface area contributed by atoms with Gasteiger partial charge in [0.25, 0.3) is 5.91 Å². The predicted molar refractivity (Wildman–Crippen MR) is 74.5 cm³/mol. The van der Waals surface area contributed by atoms with Crippen molar-refractivity contribution in [3.63, 3.8) is 0 Å². The summed E-state index contributed by atoms with van der Waals surface area (Å²) in [4.78, 5) is 23.1. The molecule has 1 aromatic rings. The van der Waals surface area contributed by atoms with E-state index in [0.29, 0.717) is 18.7 Å². The lowest BCUT2D eigenvalue weighted by Gasteiger charge is -2.06. The van der Waals surface area contributed by atoms with Crippen LogP contribution in [0.3, 0.4) is 0 Å². The van der Waals surface area contributed by atoms with Crippen molar-refractivity contribution in [3.8, 4) is 0 Å². The highest BCUT2D eigenvalue weighted by atomic mass is 16.2. The Morgan fingerprint density at radius 3 is 2.37 bits per heavy atom. The Bertz CT molecular complexity index is 417. The summed E-state index contributed by atoms with van der Waals surface area (Å²) in [5.41, 5.74) is 3.75. The predicted octanol–water partition coefficient (Wildman–Crippen LogP) is 0.618. The first-order valence-corrected chi connectivity index (χ1v) is 6.29. The molecule has 0 radical (unpaired) electrons. The number of carbonyl (C=O) groups is 2. The number of nitrogen functional groups attached to an aromatic ring is 1. The van der Waals surface area contributed by atoms with Gasteiger partial charge in [-0.1, -0.05) is 6.92 Å². The summed E-state index contributed by atoms with van der Waals surface area (Å²) in [6, 6.07) is 6.76. The molecule has 1 rings (SSSR count). The SMILES string of the molecule is CCCNC(=O)CCNC(=O)c1ccc(NN)cc1. The van der Waals surface area contributed by atoms with Gasteiger partial charge < -0.3 is 16.1 Å². The highest BCUT2D eigenvalue weighted by molar-refractivity contribution is 5.94. The number of hydrogen-bond acceptors (Lipinski definition) is 4. The van der Waals surface area contributed by atoms with Gasteiger partial charge >= 0.3 is 0 Å². The Hall–Kier alpha value is -2.08. The third-order valence-corrected chi connectivity index (χ3v) is 2.52. The highest BCUT2D eigenvalue weighted by Gasteiger charge is 2.06. The van der Waals surface area contributed by atoms with Crippen LogP contribution in [-0.2, 0) is 4.79 Å². The molecule has 0 saturated carbocycles. The van der Waals surface area contributed by atoms with Crippen molar-refractivity contribution < 1.29 is 9.59 Å². The smallest absolute Gasteiger partial charge is 0.251 e. The summed E-state index contributed by atoms with van der Waals surface area (Å²) in [6.07, 6.45) is 1.19. The van der Waals surface area contributed by atoms with Crippen LogP contribution in [-0.4, -0.2) is 24.9 Å². The Labute approximate surface area is 112 Å². The maximum Gasteiger partial charge on any atom is 0.251 e. The second kappa shape index (κ2) is 8.10. The Morgan fingerprint density at radius 1 is 1.11 bits per heavy atom. The molecular formula is C13H20N4O2. The number of nitrogens with two attached hydrogens (primary N) is 1. The van der Waals surface area contributed by atoms with Gasteiger partial charge in [0.2, 0.25) is 5.91 Å². The van der Waals surface area contributed by atoms with Gasteiger partial charge in [-0.25, -0.2) is 0 Å². The minimum Gasteiger partial charge on any atom is -0.356 e. The van der Waals surface area contributed by atoms with E-state index in [9.17, 15) is 9.59 Å². The van der Waals surface area contributed by atoms with Crippen molar-refractivity contribution in [3.05, 3.63) is 29.8 Å². The van der Waals surface area contributed by atoms with Crippen LogP contribution in [0.1, 0.15) is 30.1 Å². The number of nitrogens with one attached hydrogen (secondary N) is 3.